The molecule has 2 rings (SSSR count). The van der Waals surface area contributed by atoms with Crippen LogP contribution < -0.4 is 5.73 Å². The van der Waals surface area contributed by atoms with Gasteiger partial charge >= 0.3 is 0 Å². The molecule has 0 aliphatic rings. The monoisotopic (exact) mass is 273 g/mol. The van der Waals surface area contributed by atoms with Gasteiger partial charge in [0.1, 0.15) is 6.04 Å². The molecule has 1 atom stereocenters. The first-order valence-electron chi connectivity index (χ1n) is 4.77. The van der Waals surface area contributed by atoms with Crippen LogP contribution in [0, 0.1) is 0 Å². The van der Waals surface area contributed by atoms with Crippen molar-refractivity contribution in [1.82, 2.24) is 10.1 Å². The number of hydrogen-bond donors (Lipinski definition) is 2. The second kappa shape index (κ2) is 5.01. The van der Waals surface area contributed by atoms with Crippen molar-refractivity contribution in [3.8, 4) is 11.4 Å². The SMILES string of the molecule is NC(CO)c1nc(-c2ccc(Cl)c(Cl)c2)no1. The Labute approximate surface area is 107 Å². The Morgan fingerprint density at radius 3 is 2.76 bits per heavy atom. The molecule has 90 valence electrons. The first-order chi connectivity index (χ1) is 8.11. The molecule has 3 N–H and O–H groups in total. The van der Waals surface area contributed by atoms with E-state index in [0.29, 0.717) is 21.4 Å². The van der Waals surface area contributed by atoms with Crippen LogP contribution in [0.15, 0.2) is 22.7 Å². The van der Waals surface area contributed by atoms with Crippen LogP contribution in [0.25, 0.3) is 11.4 Å². The Balaban J connectivity index is 2.33. The normalized spacial score (nSPS) is 12.7. The van der Waals surface area contributed by atoms with Gasteiger partial charge < -0.3 is 15.4 Å². The van der Waals surface area contributed by atoms with E-state index in [0.717, 1.165) is 0 Å². The first-order valence-corrected chi connectivity index (χ1v) is 5.53. The van der Waals surface area contributed by atoms with E-state index in [4.69, 9.17) is 38.6 Å². The summed E-state index contributed by atoms with van der Waals surface area (Å²) in [6, 6.07) is 4.30. The van der Waals surface area contributed by atoms with Crippen molar-refractivity contribution in [2.45, 2.75) is 6.04 Å². The zero-order chi connectivity index (χ0) is 12.4. The fourth-order valence-electron chi connectivity index (χ4n) is 1.22. The minimum absolute atomic E-state index is 0.175. The van der Waals surface area contributed by atoms with Crippen LogP contribution in [-0.4, -0.2) is 21.9 Å². The zero-order valence-corrected chi connectivity index (χ0v) is 10.1. The summed E-state index contributed by atoms with van der Waals surface area (Å²) >= 11 is 11.7. The maximum Gasteiger partial charge on any atom is 0.246 e. The molecule has 0 radical (unpaired) electrons. The summed E-state index contributed by atoms with van der Waals surface area (Å²) < 4.78 is 4.92. The van der Waals surface area contributed by atoms with Gasteiger partial charge in [0.2, 0.25) is 11.7 Å². The lowest BCUT2D eigenvalue weighted by atomic mass is 10.2. The van der Waals surface area contributed by atoms with E-state index < -0.39 is 6.04 Å². The van der Waals surface area contributed by atoms with Crippen LogP contribution in [0.5, 0.6) is 0 Å². The predicted molar refractivity (Wildman–Crippen MR) is 63.8 cm³/mol. The summed E-state index contributed by atoms with van der Waals surface area (Å²) in [5.74, 6) is 0.524. The summed E-state index contributed by atoms with van der Waals surface area (Å²) in [7, 11) is 0. The molecule has 0 amide bonds. The van der Waals surface area contributed by atoms with E-state index in [1.807, 2.05) is 0 Å². The maximum absolute atomic E-state index is 8.86. The highest BCUT2D eigenvalue weighted by molar-refractivity contribution is 6.42. The van der Waals surface area contributed by atoms with Gasteiger partial charge in [-0.05, 0) is 18.2 Å². The number of nitrogens with two attached hydrogens (primary N) is 1. The van der Waals surface area contributed by atoms with Gasteiger partial charge in [0, 0.05) is 5.56 Å². The highest BCUT2D eigenvalue weighted by Crippen LogP contribution is 2.27. The van der Waals surface area contributed by atoms with Crippen molar-refractivity contribution < 1.29 is 9.63 Å². The topological polar surface area (TPSA) is 85.2 Å². The third-order valence-corrected chi connectivity index (χ3v) is 2.87. The molecule has 1 unspecified atom stereocenters. The van der Waals surface area contributed by atoms with Gasteiger partial charge in [0.25, 0.3) is 0 Å². The molecule has 0 saturated carbocycles. The second-order valence-corrected chi connectivity index (χ2v) is 4.19. The molecule has 1 aromatic carbocycles. The summed E-state index contributed by atoms with van der Waals surface area (Å²) in [5, 5.41) is 13.5. The molecule has 0 spiro atoms. The van der Waals surface area contributed by atoms with E-state index >= 15 is 0 Å². The smallest absolute Gasteiger partial charge is 0.246 e. The average molecular weight is 274 g/mol. The number of halogens is 2. The number of nitrogens with zero attached hydrogens (tertiary/aromatic N) is 2. The molecule has 7 heteroatoms. The molecule has 0 aliphatic heterocycles. The largest absolute Gasteiger partial charge is 0.394 e. The van der Waals surface area contributed by atoms with Crippen LogP contribution in [0.2, 0.25) is 10.0 Å². The van der Waals surface area contributed by atoms with E-state index in [2.05, 4.69) is 10.1 Å². The first kappa shape index (κ1) is 12.3. The molecule has 0 bridgehead atoms. The molecule has 0 aliphatic carbocycles. The van der Waals surface area contributed by atoms with Gasteiger partial charge in [-0.15, -0.1) is 0 Å². The molecule has 5 nitrogen and oxygen atoms in total. The Kier molecular flexibility index (Phi) is 3.63. The third-order valence-electron chi connectivity index (χ3n) is 2.13. The number of aromatic nitrogens is 2. The molecular weight excluding hydrogens is 265 g/mol. The molecule has 0 saturated heterocycles. The van der Waals surface area contributed by atoms with Crippen LogP contribution in [0.4, 0.5) is 0 Å². The Morgan fingerprint density at radius 1 is 1.35 bits per heavy atom. The van der Waals surface area contributed by atoms with Crippen molar-refractivity contribution in [2.75, 3.05) is 6.61 Å². The number of rotatable bonds is 3. The van der Waals surface area contributed by atoms with Crippen molar-refractivity contribution in [2.24, 2.45) is 5.73 Å². The third kappa shape index (κ3) is 2.58. The van der Waals surface area contributed by atoms with Gasteiger partial charge in [0.05, 0.1) is 16.7 Å². The van der Waals surface area contributed by atoms with Crippen LogP contribution >= 0.6 is 23.2 Å². The molecule has 1 heterocycles. The fourth-order valence-corrected chi connectivity index (χ4v) is 1.51. The van der Waals surface area contributed by atoms with Crippen LogP contribution in [0.3, 0.4) is 0 Å². The van der Waals surface area contributed by atoms with E-state index in [-0.39, 0.29) is 12.5 Å². The predicted octanol–water partition coefficient (Wildman–Crippen LogP) is 2.04. The lowest BCUT2D eigenvalue weighted by molar-refractivity contribution is 0.237. The van der Waals surface area contributed by atoms with Crippen LogP contribution in [0.1, 0.15) is 11.9 Å². The second-order valence-electron chi connectivity index (χ2n) is 3.37. The fraction of sp³-hybridized carbons (Fsp3) is 0.200. The Bertz CT molecular complexity index is 530. The summed E-state index contributed by atoms with van der Waals surface area (Å²) in [6.45, 7) is -0.261. The molecule has 0 fully saturated rings. The minimum Gasteiger partial charge on any atom is -0.394 e. The van der Waals surface area contributed by atoms with E-state index in [9.17, 15) is 0 Å². The average Bonchev–Trinajstić information content (AvgIpc) is 2.81. The van der Waals surface area contributed by atoms with Gasteiger partial charge in [-0.2, -0.15) is 4.98 Å². The summed E-state index contributed by atoms with van der Waals surface area (Å²) in [6.07, 6.45) is 0. The molecule has 17 heavy (non-hydrogen) atoms. The van der Waals surface area contributed by atoms with Crippen molar-refractivity contribution in [3.05, 3.63) is 34.1 Å². The van der Waals surface area contributed by atoms with Gasteiger partial charge in [-0.3, -0.25) is 0 Å². The standard InChI is InChI=1S/C10H9Cl2N3O2/c11-6-2-1-5(3-7(6)12)9-14-10(17-15-9)8(13)4-16/h1-3,8,16H,4,13H2. The molecule has 1 aromatic heterocycles. The quantitative estimate of drug-likeness (QED) is 0.894. The number of aliphatic hydroxyl groups excluding tert-OH is 1. The van der Waals surface area contributed by atoms with E-state index in [1.165, 1.54) is 0 Å². The maximum atomic E-state index is 8.86. The lowest BCUT2D eigenvalue weighted by Gasteiger charge is -1.99. The van der Waals surface area contributed by atoms with Gasteiger partial charge in [-0.25, -0.2) is 0 Å². The van der Waals surface area contributed by atoms with Crippen molar-refractivity contribution in [1.29, 1.82) is 0 Å². The van der Waals surface area contributed by atoms with E-state index in [1.54, 1.807) is 18.2 Å². The van der Waals surface area contributed by atoms with Gasteiger partial charge in [0.15, 0.2) is 0 Å². The van der Waals surface area contributed by atoms with Crippen molar-refractivity contribution >= 4 is 23.2 Å². The summed E-state index contributed by atoms with van der Waals surface area (Å²) in [4.78, 5) is 4.06. The van der Waals surface area contributed by atoms with Crippen molar-refractivity contribution in [3.63, 3.8) is 0 Å². The Hall–Kier alpha value is -1.14. The number of aliphatic hydroxyl groups is 1. The molecular formula is C10H9Cl2N3O2. The highest BCUT2D eigenvalue weighted by atomic mass is 35.5. The highest BCUT2D eigenvalue weighted by Gasteiger charge is 2.15. The number of benzene rings is 1. The van der Waals surface area contributed by atoms with Gasteiger partial charge in [-0.1, -0.05) is 28.4 Å². The zero-order valence-electron chi connectivity index (χ0n) is 8.60. The number of hydrogen-bond acceptors (Lipinski definition) is 5. The van der Waals surface area contributed by atoms with Crippen LogP contribution in [-0.2, 0) is 0 Å². The minimum atomic E-state index is -0.681. The lowest BCUT2D eigenvalue weighted by Crippen LogP contribution is -2.14. The molecule has 2 aromatic rings. The summed E-state index contributed by atoms with van der Waals surface area (Å²) in [5.41, 5.74) is 6.21. The Morgan fingerprint density at radius 2 is 2.12 bits per heavy atom.